The number of hydrogen-bond donors (Lipinski definition) is 1. The molecule has 3 aromatic carbocycles. The number of benzene rings is 3. The van der Waals surface area contributed by atoms with Crippen LogP contribution in [0.5, 0.6) is 5.75 Å². The van der Waals surface area contributed by atoms with E-state index in [9.17, 15) is 5.11 Å². The molecule has 0 amide bonds. The highest BCUT2D eigenvalue weighted by Gasteiger charge is 2.13. The Balaban J connectivity index is 1.77. The first-order valence-electron chi connectivity index (χ1n) is 9.64. The van der Waals surface area contributed by atoms with E-state index in [-0.39, 0.29) is 5.75 Å². The topological polar surface area (TPSA) is 58.4 Å². The van der Waals surface area contributed by atoms with Crippen LogP contribution in [0, 0.1) is 13.8 Å². The highest BCUT2D eigenvalue weighted by Crippen LogP contribution is 2.34. The average Bonchev–Trinajstić information content (AvgIpc) is 2.75. The Labute approximate surface area is 190 Å². The number of aliphatic imine (C=N–C) groups is 1. The SMILES string of the molecule is Cc1ccc(-c2ccnnc2-c2ccc(O)c(C=Nc3cc(Cl)ccc3Cl)c2)c(C)c1. The van der Waals surface area contributed by atoms with Crippen LogP contribution < -0.4 is 0 Å². The Bertz CT molecular complexity index is 1300. The van der Waals surface area contributed by atoms with Crippen molar-refractivity contribution in [2.24, 2.45) is 4.99 Å². The predicted octanol–water partition coefficient (Wildman–Crippen LogP) is 7.19. The number of hydrogen-bond acceptors (Lipinski definition) is 4. The van der Waals surface area contributed by atoms with Crippen molar-refractivity contribution in [3.05, 3.63) is 93.6 Å². The van der Waals surface area contributed by atoms with Crippen molar-refractivity contribution in [1.29, 1.82) is 0 Å². The van der Waals surface area contributed by atoms with Crippen molar-refractivity contribution >= 4 is 35.1 Å². The van der Waals surface area contributed by atoms with Gasteiger partial charge in [0.25, 0.3) is 0 Å². The van der Waals surface area contributed by atoms with Crippen LogP contribution in [0.2, 0.25) is 10.0 Å². The molecule has 0 spiro atoms. The summed E-state index contributed by atoms with van der Waals surface area (Å²) < 4.78 is 0. The lowest BCUT2D eigenvalue weighted by molar-refractivity contribution is 0.474. The molecule has 0 atom stereocenters. The Kier molecular flexibility index (Phi) is 6.03. The maximum Gasteiger partial charge on any atom is 0.124 e. The number of halogens is 2. The highest BCUT2D eigenvalue weighted by molar-refractivity contribution is 6.35. The largest absolute Gasteiger partial charge is 0.507 e. The van der Waals surface area contributed by atoms with Gasteiger partial charge in [-0.2, -0.15) is 5.10 Å². The standard InChI is InChI=1S/C25H19Cl2N3O/c1-15-3-6-20(16(2)11-15)21-9-10-29-30-25(21)17-4-8-24(31)18(12-17)14-28-23-13-19(26)5-7-22(23)27/h3-14,31H,1-2H3. The van der Waals surface area contributed by atoms with E-state index in [1.54, 1.807) is 36.7 Å². The van der Waals surface area contributed by atoms with E-state index in [0.717, 1.165) is 27.9 Å². The fourth-order valence-electron chi connectivity index (χ4n) is 3.41. The third kappa shape index (κ3) is 4.61. The molecule has 0 aliphatic rings. The van der Waals surface area contributed by atoms with Gasteiger partial charge in [0.1, 0.15) is 11.4 Å². The predicted molar refractivity (Wildman–Crippen MR) is 128 cm³/mol. The van der Waals surface area contributed by atoms with Gasteiger partial charge in [-0.3, -0.25) is 4.99 Å². The van der Waals surface area contributed by atoms with Crippen LogP contribution in [0.1, 0.15) is 16.7 Å². The number of aryl methyl sites for hydroxylation is 2. The minimum Gasteiger partial charge on any atom is -0.507 e. The zero-order valence-corrected chi connectivity index (χ0v) is 18.5. The molecule has 31 heavy (non-hydrogen) atoms. The molecular weight excluding hydrogens is 429 g/mol. The van der Waals surface area contributed by atoms with E-state index in [1.165, 1.54) is 5.56 Å². The molecule has 1 heterocycles. The summed E-state index contributed by atoms with van der Waals surface area (Å²) in [6, 6.07) is 18.6. The van der Waals surface area contributed by atoms with Gasteiger partial charge in [-0.05, 0) is 67.4 Å². The van der Waals surface area contributed by atoms with Crippen LogP contribution in [-0.4, -0.2) is 21.5 Å². The Morgan fingerprint density at radius 1 is 0.903 bits per heavy atom. The third-order valence-electron chi connectivity index (χ3n) is 4.94. The maximum absolute atomic E-state index is 10.4. The zero-order valence-electron chi connectivity index (χ0n) is 17.0. The van der Waals surface area contributed by atoms with Gasteiger partial charge in [-0.1, -0.05) is 47.0 Å². The van der Waals surface area contributed by atoms with Crippen molar-refractivity contribution in [3.63, 3.8) is 0 Å². The van der Waals surface area contributed by atoms with Crippen LogP contribution >= 0.6 is 23.2 Å². The smallest absolute Gasteiger partial charge is 0.124 e. The summed E-state index contributed by atoms with van der Waals surface area (Å²) in [5.41, 5.74) is 7.02. The number of aromatic hydroxyl groups is 1. The minimum atomic E-state index is 0.0996. The lowest BCUT2D eigenvalue weighted by atomic mass is 9.95. The lowest BCUT2D eigenvalue weighted by Crippen LogP contribution is -1.95. The van der Waals surface area contributed by atoms with Gasteiger partial charge in [0.2, 0.25) is 0 Å². The van der Waals surface area contributed by atoms with E-state index in [0.29, 0.717) is 21.3 Å². The molecule has 0 aliphatic heterocycles. The molecule has 154 valence electrons. The molecule has 1 aromatic heterocycles. The molecule has 4 rings (SSSR count). The summed E-state index contributed by atoms with van der Waals surface area (Å²) in [5, 5.41) is 19.8. The molecule has 0 saturated carbocycles. The Morgan fingerprint density at radius 2 is 1.74 bits per heavy atom. The van der Waals surface area contributed by atoms with Crippen molar-refractivity contribution in [2.75, 3.05) is 0 Å². The second kappa shape index (κ2) is 8.88. The van der Waals surface area contributed by atoms with E-state index in [1.807, 2.05) is 18.2 Å². The molecule has 0 bridgehead atoms. The summed E-state index contributed by atoms with van der Waals surface area (Å²) >= 11 is 12.2. The number of phenolic OH excluding ortho intramolecular Hbond substituents is 1. The molecule has 6 heteroatoms. The van der Waals surface area contributed by atoms with Crippen LogP contribution in [0.25, 0.3) is 22.4 Å². The van der Waals surface area contributed by atoms with Crippen molar-refractivity contribution in [1.82, 2.24) is 10.2 Å². The summed E-state index contributed by atoms with van der Waals surface area (Å²) in [7, 11) is 0. The van der Waals surface area contributed by atoms with Crippen LogP contribution in [0.3, 0.4) is 0 Å². The first kappa shape index (κ1) is 21.0. The number of phenols is 1. The molecule has 4 nitrogen and oxygen atoms in total. The van der Waals surface area contributed by atoms with E-state index < -0.39 is 0 Å². The molecule has 0 unspecified atom stereocenters. The normalized spacial score (nSPS) is 11.2. The molecule has 0 aliphatic carbocycles. The molecule has 1 N–H and O–H groups in total. The van der Waals surface area contributed by atoms with Crippen molar-refractivity contribution in [3.8, 4) is 28.1 Å². The van der Waals surface area contributed by atoms with Crippen molar-refractivity contribution in [2.45, 2.75) is 13.8 Å². The second-order valence-electron chi connectivity index (χ2n) is 7.24. The van der Waals surface area contributed by atoms with Gasteiger partial charge in [-0.15, -0.1) is 5.10 Å². The fourth-order valence-corrected chi connectivity index (χ4v) is 3.74. The molecular formula is C25H19Cl2N3O. The van der Waals surface area contributed by atoms with Gasteiger partial charge >= 0.3 is 0 Å². The number of rotatable bonds is 4. The van der Waals surface area contributed by atoms with Gasteiger partial charge < -0.3 is 5.11 Å². The van der Waals surface area contributed by atoms with Gasteiger partial charge in [-0.25, -0.2) is 0 Å². The third-order valence-corrected chi connectivity index (χ3v) is 5.50. The molecule has 4 aromatic rings. The van der Waals surface area contributed by atoms with Gasteiger partial charge in [0.05, 0.1) is 16.9 Å². The summed E-state index contributed by atoms with van der Waals surface area (Å²) in [5.74, 6) is 0.0996. The van der Waals surface area contributed by atoms with E-state index >= 15 is 0 Å². The molecule has 0 radical (unpaired) electrons. The first-order chi connectivity index (χ1) is 14.9. The Morgan fingerprint density at radius 3 is 2.55 bits per heavy atom. The van der Waals surface area contributed by atoms with E-state index in [4.69, 9.17) is 23.2 Å². The number of aromatic nitrogens is 2. The fraction of sp³-hybridized carbons (Fsp3) is 0.0800. The zero-order chi connectivity index (χ0) is 22.0. The lowest BCUT2D eigenvalue weighted by Gasteiger charge is -2.12. The second-order valence-corrected chi connectivity index (χ2v) is 8.08. The monoisotopic (exact) mass is 447 g/mol. The van der Waals surface area contributed by atoms with E-state index in [2.05, 4.69) is 47.2 Å². The summed E-state index contributed by atoms with van der Waals surface area (Å²) in [6.45, 7) is 4.15. The van der Waals surface area contributed by atoms with Crippen LogP contribution in [-0.2, 0) is 0 Å². The van der Waals surface area contributed by atoms with Gasteiger partial charge in [0, 0.05) is 27.9 Å². The molecule has 0 fully saturated rings. The first-order valence-corrected chi connectivity index (χ1v) is 10.4. The van der Waals surface area contributed by atoms with Crippen LogP contribution in [0.4, 0.5) is 5.69 Å². The van der Waals surface area contributed by atoms with Gasteiger partial charge in [0.15, 0.2) is 0 Å². The average molecular weight is 448 g/mol. The summed E-state index contributed by atoms with van der Waals surface area (Å²) in [6.07, 6.45) is 3.24. The van der Waals surface area contributed by atoms with Crippen molar-refractivity contribution < 1.29 is 5.11 Å². The number of nitrogens with zero attached hydrogens (tertiary/aromatic N) is 3. The minimum absolute atomic E-state index is 0.0996. The quantitative estimate of drug-likeness (QED) is 0.336. The van der Waals surface area contributed by atoms with Crippen LogP contribution in [0.15, 0.2) is 71.9 Å². The molecule has 0 saturated heterocycles. The highest BCUT2D eigenvalue weighted by atomic mass is 35.5. The maximum atomic E-state index is 10.4. The summed E-state index contributed by atoms with van der Waals surface area (Å²) in [4.78, 5) is 4.40. The Hall–Kier alpha value is -3.21.